The van der Waals surface area contributed by atoms with E-state index in [4.69, 9.17) is 5.73 Å². The van der Waals surface area contributed by atoms with Gasteiger partial charge < -0.3 is 10.8 Å². The van der Waals surface area contributed by atoms with Crippen LogP contribution in [0, 0.1) is 6.92 Å². The first kappa shape index (κ1) is 13.6. The molecule has 0 aliphatic carbocycles. The molecule has 2 aromatic carbocycles. The van der Waals surface area contributed by atoms with Crippen molar-refractivity contribution < 1.29 is 9.90 Å². The van der Waals surface area contributed by atoms with E-state index in [1.807, 2.05) is 31.2 Å². The largest absolute Gasteiger partial charge is 0.507 e. The molecule has 2 aromatic rings. The van der Waals surface area contributed by atoms with Gasteiger partial charge in [0, 0.05) is 5.56 Å². The van der Waals surface area contributed by atoms with Crippen molar-refractivity contribution in [1.82, 2.24) is 5.43 Å². The number of aryl methyl sites for hydroxylation is 1. The number of benzene rings is 2. The highest BCUT2D eigenvalue weighted by Gasteiger charge is 2.03. The second-order valence-electron chi connectivity index (χ2n) is 4.38. The van der Waals surface area contributed by atoms with Gasteiger partial charge in [0.15, 0.2) is 0 Å². The number of nitrogens with one attached hydrogen (secondary N) is 1. The summed E-state index contributed by atoms with van der Waals surface area (Å²) in [7, 11) is 0. The lowest BCUT2D eigenvalue weighted by atomic mass is 10.0. The molecule has 0 saturated heterocycles. The molecule has 0 saturated carbocycles. The van der Waals surface area contributed by atoms with Gasteiger partial charge in [-0.25, -0.2) is 10.2 Å². The number of carbonyl (C=O) groups is 1. The van der Waals surface area contributed by atoms with Gasteiger partial charge in [-0.1, -0.05) is 35.9 Å². The van der Waals surface area contributed by atoms with Crippen molar-refractivity contribution >= 4 is 12.2 Å². The van der Waals surface area contributed by atoms with E-state index in [-0.39, 0.29) is 5.75 Å². The van der Waals surface area contributed by atoms with Gasteiger partial charge in [0.05, 0.1) is 6.21 Å². The number of hydrazone groups is 1. The standard InChI is InChI=1S/C15H15N3O2/c1-10-3-2-4-11(7-10)12-5-6-14(19)13(8-12)9-17-18-15(16)20/h2-9,19H,1H3,(H3,16,18,20)/b17-9-. The molecule has 5 nitrogen and oxygen atoms in total. The average molecular weight is 269 g/mol. The lowest BCUT2D eigenvalue weighted by Gasteiger charge is -2.06. The zero-order valence-electron chi connectivity index (χ0n) is 11.0. The van der Waals surface area contributed by atoms with Crippen LogP contribution in [0.4, 0.5) is 4.79 Å². The Balaban J connectivity index is 2.33. The number of primary amides is 1. The number of phenols is 1. The minimum Gasteiger partial charge on any atom is -0.507 e. The molecular formula is C15H15N3O2. The van der Waals surface area contributed by atoms with Gasteiger partial charge in [-0.2, -0.15) is 5.10 Å². The maximum absolute atomic E-state index is 10.5. The first-order valence-electron chi connectivity index (χ1n) is 6.05. The summed E-state index contributed by atoms with van der Waals surface area (Å²) < 4.78 is 0. The quantitative estimate of drug-likeness (QED) is 0.590. The molecule has 0 fully saturated rings. The number of aromatic hydroxyl groups is 1. The SMILES string of the molecule is Cc1cccc(-c2ccc(O)c(/C=N\NC(N)=O)c2)c1. The number of phenolic OH excluding ortho intramolecular Hbond substituents is 1. The van der Waals surface area contributed by atoms with Crippen molar-refractivity contribution in [3.8, 4) is 16.9 Å². The molecule has 0 aromatic heterocycles. The highest BCUT2D eigenvalue weighted by atomic mass is 16.3. The molecule has 0 bridgehead atoms. The van der Waals surface area contributed by atoms with Crippen LogP contribution in [0.1, 0.15) is 11.1 Å². The van der Waals surface area contributed by atoms with Crippen LogP contribution in [-0.4, -0.2) is 17.4 Å². The van der Waals surface area contributed by atoms with Crippen LogP contribution in [-0.2, 0) is 0 Å². The minimum absolute atomic E-state index is 0.0800. The van der Waals surface area contributed by atoms with Crippen molar-refractivity contribution in [3.05, 3.63) is 53.6 Å². The summed E-state index contributed by atoms with van der Waals surface area (Å²) >= 11 is 0. The summed E-state index contributed by atoms with van der Waals surface area (Å²) in [5, 5.41) is 13.4. The molecule has 0 radical (unpaired) electrons. The molecule has 0 spiro atoms. The van der Waals surface area contributed by atoms with Crippen molar-refractivity contribution in [2.75, 3.05) is 0 Å². The number of urea groups is 1. The molecule has 4 N–H and O–H groups in total. The third-order valence-electron chi connectivity index (χ3n) is 2.76. The van der Waals surface area contributed by atoms with E-state index in [2.05, 4.69) is 16.6 Å². The van der Waals surface area contributed by atoms with Gasteiger partial charge in [-0.3, -0.25) is 0 Å². The topological polar surface area (TPSA) is 87.7 Å². The van der Waals surface area contributed by atoms with E-state index in [0.29, 0.717) is 5.56 Å². The molecule has 2 rings (SSSR count). The van der Waals surface area contributed by atoms with Gasteiger partial charge in [-0.15, -0.1) is 0 Å². The zero-order valence-corrected chi connectivity index (χ0v) is 11.0. The van der Waals surface area contributed by atoms with Crippen LogP contribution in [0.2, 0.25) is 0 Å². The average Bonchev–Trinajstić information content (AvgIpc) is 2.40. The lowest BCUT2D eigenvalue weighted by molar-refractivity contribution is 0.249. The molecule has 0 heterocycles. The van der Waals surface area contributed by atoms with Gasteiger partial charge >= 0.3 is 6.03 Å². The fourth-order valence-electron chi connectivity index (χ4n) is 1.83. The Labute approximate surface area is 116 Å². The number of nitrogens with zero attached hydrogens (tertiary/aromatic N) is 1. The first-order valence-corrected chi connectivity index (χ1v) is 6.05. The smallest absolute Gasteiger partial charge is 0.332 e. The Hall–Kier alpha value is -2.82. The van der Waals surface area contributed by atoms with Gasteiger partial charge in [0.25, 0.3) is 0 Å². The van der Waals surface area contributed by atoms with E-state index >= 15 is 0 Å². The number of carbonyl (C=O) groups excluding carboxylic acids is 1. The summed E-state index contributed by atoms with van der Waals surface area (Å²) in [6.07, 6.45) is 1.35. The fourth-order valence-corrected chi connectivity index (χ4v) is 1.83. The maximum atomic E-state index is 10.5. The van der Waals surface area contributed by atoms with Crippen molar-refractivity contribution in [2.45, 2.75) is 6.92 Å². The fraction of sp³-hybridized carbons (Fsp3) is 0.0667. The Morgan fingerprint density at radius 1 is 1.25 bits per heavy atom. The Kier molecular flexibility index (Phi) is 4.00. The van der Waals surface area contributed by atoms with Gasteiger partial charge in [0.1, 0.15) is 5.75 Å². The minimum atomic E-state index is -0.754. The maximum Gasteiger partial charge on any atom is 0.332 e. The van der Waals surface area contributed by atoms with E-state index in [9.17, 15) is 9.90 Å². The predicted molar refractivity (Wildman–Crippen MR) is 78.6 cm³/mol. The molecule has 0 aliphatic heterocycles. The van der Waals surface area contributed by atoms with Crippen LogP contribution in [0.25, 0.3) is 11.1 Å². The van der Waals surface area contributed by atoms with Gasteiger partial charge in [-0.05, 0) is 30.2 Å². The summed E-state index contributed by atoms with van der Waals surface area (Å²) in [5.74, 6) is 0.0800. The third-order valence-corrected chi connectivity index (χ3v) is 2.76. The highest BCUT2D eigenvalue weighted by Crippen LogP contribution is 2.25. The Morgan fingerprint density at radius 3 is 2.70 bits per heavy atom. The zero-order chi connectivity index (χ0) is 14.5. The lowest BCUT2D eigenvalue weighted by Crippen LogP contribution is -2.24. The molecular weight excluding hydrogens is 254 g/mol. The van der Waals surface area contributed by atoms with Crippen LogP contribution in [0.5, 0.6) is 5.75 Å². The van der Waals surface area contributed by atoms with Crippen LogP contribution in [0.3, 0.4) is 0 Å². The molecule has 0 atom stereocenters. The first-order chi connectivity index (χ1) is 9.56. The highest BCUT2D eigenvalue weighted by molar-refractivity contribution is 5.87. The summed E-state index contributed by atoms with van der Waals surface area (Å²) in [5.41, 5.74) is 10.6. The van der Waals surface area contributed by atoms with Crippen LogP contribution < -0.4 is 11.2 Å². The second kappa shape index (κ2) is 5.88. The van der Waals surface area contributed by atoms with E-state index in [1.165, 1.54) is 6.21 Å². The van der Waals surface area contributed by atoms with Crippen molar-refractivity contribution in [1.29, 1.82) is 0 Å². The Bertz CT molecular complexity index is 666. The summed E-state index contributed by atoms with van der Waals surface area (Å²) in [6, 6.07) is 12.5. The summed E-state index contributed by atoms with van der Waals surface area (Å²) in [4.78, 5) is 10.5. The molecule has 0 aliphatic rings. The molecule has 2 amide bonds. The monoisotopic (exact) mass is 269 g/mol. The molecule has 102 valence electrons. The summed E-state index contributed by atoms with van der Waals surface area (Å²) in [6.45, 7) is 2.02. The molecule has 0 unspecified atom stereocenters. The third kappa shape index (κ3) is 3.35. The second-order valence-corrected chi connectivity index (χ2v) is 4.38. The van der Waals surface area contributed by atoms with E-state index in [0.717, 1.165) is 16.7 Å². The van der Waals surface area contributed by atoms with Crippen molar-refractivity contribution in [3.63, 3.8) is 0 Å². The Morgan fingerprint density at radius 2 is 2.00 bits per heavy atom. The van der Waals surface area contributed by atoms with E-state index < -0.39 is 6.03 Å². The molecule has 20 heavy (non-hydrogen) atoms. The predicted octanol–water partition coefficient (Wildman–Crippen LogP) is 2.37. The number of rotatable bonds is 3. The van der Waals surface area contributed by atoms with Gasteiger partial charge in [0.2, 0.25) is 0 Å². The van der Waals surface area contributed by atoms with E-state index in [1.54, 1.807) is 12.1 Å². The number of hydrogen-bond acceptors (Lipinski definition) is 3. The normalized spacial score (nSPS) is 10.7. The van der Waals surface area contributed by atoms with Crippen molar-refractivity contribution in [2.24, 2.45) is 10.8 Å². The number of hydrogen-bond donors (Lipinski definition) is 3. The molecule has 5 heteroatoms. The number of amides is 2. The van der Waals surface area contributed by atoms with Crippen LogP contribution in [0.15, 0.2) is 47.6 Å². The number of nitrogens with two attached hydrogens (primary N) is 1. The van der Waals surface area contributed by atoms with Crippen LogP contribution >= 0.6 is 0 Å².